The van der Waals surface area contributed by atoms with Crippen molar-refractivity contribution in [2.45, 2.75) is 31.7 Å². The van der Waals surface area contributed by atoms with Crippen LogP contribution in [0.2, 0.25) is 0 Å². The summed E-state index contributed by atoms with van der Waals surface area (Å²) in [5, 5.41) is 4.14. The highest BCUT2D eigenvalue weighted by molar-refractivity contribution is 5.79. The minimum Gasteiger partial charge on any atom is -0.300 e. The molecule has 0 aliphatic heterocycles. The summed E-state index contributed by atoms with van der Waals surface area (Å²) in [5.74, 6) is 0.377. The molecule has 0 N–H and O–H groups in total. The highest BCUT2D eigenvalue weighted by atomic mass is 16.1. The SMILES string of the molecule is O=C1CCC[C@H](n2cccn2)C1. The second-order valence-electron chi connectivity index (χ2n) is 3.27. The topological polar surface area (TPSA) is 34.9 Å². The molecule has 0 radical (unpaired) electrons. The van der Waals surface area contributed by atoms with Gasteiger partial charge in [0, 0.05) is 25.2 Å². The molecule has 0 saturated heterocycles. The first-order valence-electron chi connectivity index (χ1n) is 4.37. The number of aromatic nitrogens is 2. The van der Waals surface area contributed by atoms with Crippen LogP contribution in [0.3, 0.4) is 0 Å². The molecule has 64 valence electrons. The van der Waals surface area contributed by atoms with Gasteiger partial charge in [-0.15, -0.1) is 0 Å². The third-order valence-corrected chi connectivity index (χ3v) is 2.36. The average molecular weight is 164 g/mol. The predicted molar refractivity (Wildman–Crippen MR) is 44.7 cm³/mol. The van der Waals surface area contributed by atoms with Gasteiger partial charge in [-0.25, -0.2) is 0 Å². The van der Waals surface area contributed by atoms with E-state index in [1.807, 2.05) is 16.9 Å². The summed E-state index contributed by atoms with van der Waals surface area (Å²) < 4.78 is 1.90. The zero-order valence-electron chi connectivity index (χ0n) is 6.94. The van der Waals surface area contributed by atoms with E-state index in [1.54, 1.807) is 6.20 Å². The van der Waals surface area contributed by atoms with Crippen LogP contribution in [0.25, 0.3) is 0 Å². The average Bonchev–Trinajstić information content (AvgIpc) is 2.56. The third kappa shape index (κ3) is 1.40. The summed E-state index contributed by atoms with van der Waals surface area (Å²) in [6, 6.07) is 2.22. The van der Waals surface area contributed by atoms with Crippen LogP contribution in [0, 0.1) is 0 Å². The van der Waals surface area contributed by atoms with E-state index in [2.05, 4.69) is 5.10 Å². The van der Waals surface area contributed by atoms with Crippen LogP contribution in [0.15, 0.2) is 18.5 Å². The van der Waals surface area contributed by atoms with Gasteiger partial charge in [0.05, 0.1) is 6.04 Å². The van der Waals surface area contributed by atoms with Gasteiger partial charge in [-0.1, -0.05) is 0 Å². The van der Waals surface area contributed by atoms with Crippen LogP contribution in [0.1, 0.15) is 31.7 Å². The predicted octanol–water partition coefficient (Wildman–Crippen LogP) is 1.57. The number of hydrogen-bond acceptors (Lipinski definition) is 2. The number of rotatable bonds is 1. The molecule has 0 amide bonds. The standard InChI is InChI=1S/C9H12N2O/c12-9-4-1-3-8(7-9)11-6-2-5-10-11/h2,5-6,8H,1,3-4,7H2/t8-/m0/s1. The van der Waals surface area contributed by atoms with Crippen molar-refractivity contribution >= 4 is 5.78 Å². The minimum absolute atomic E-state index is 0.321. The Morgan fingerprint density at radius 3 is 3.17 bits per heavy atom. The Labute approximate surface area is 71.4 Å². The van der Waals surface area contributed by atoms with Crippen LogP contribution >= 0.6 is 0 Å². The zero-order chi connectivity index (χ0) is 8.39. The van der Waals surface area contributed by atoms with Crippen molar-refractivity contribution in [3.05, 3.63) is 18.5 Å². The lowest BCUT2D eigenvalue weighted by molar-refractivity contribution is -0.121. The van der Waals surface area contributed by atoms with E-state index in [-0.39, 0.29) is 0 Å². The van der Waals surface area contributed by atoms with E-state index in [0.29, 0.717) is 18.2 Å². The molecule has 1 aromatic heterocycles. The first-order chi connectivity index (χ1) is 5.86. The molecule has 1 heterocycles. The Hall–Kier alpha value is -1.12. The highest BCUT2D eigenvalue weighted by Crippen LogP contribution is 2.24. The Bertz CT molecular complexity index is 266. The maximum absolute atomic E-state index is 11.1. The smallest absolute Gasteiger partial charge is 0.135 e. The number of hydrogen-bond donors (Lipinski definition) is 0. The summed E-state index contributed by atoms with van der Waals surface area (Å²) in [5.41, 5.74) is 0. The van der Waals surface area contributed by atoms with E-state index >= 15 is 0 Å². The molecule has 0 bridgehead atoms. The Morgan fingerprint density at radius 1 is 1.58 bits per heavy atom. The van der Waals surface area contributed by atoms with E-state index in [0.717, 1.165) is 19.3 Å². The molecule has 1 aliphatic carbocycles. The molecule has 0 spiro atoms. The fourth-order valence-corrected chi connectivity index (χ4v) is 1.72. The third-order valence-electron chi connectivity index (χ3n) is 2.36. The summed E-state index contributed by atoms with van der Waals surface area (Å²) in [6.07, 6.45) is 7.23. The lowest BCUT2D eigenvalue weighted by Gasteiger charge is -2.20. The monoisotopic (exact) mass is 164 g/mol. The molecule has 2 rings (SSSR count). The summed E-state index contributed by atoms with van der Waals surface area (Å²) >= 11 is 0. The summed E-state index contributed by atoms with van der Waals surface area (Å²) in [6.45, 7) is 0. The van der Waals surface area contributed by atoms with Gasteiger partial charge in [0.25, 0.3) is 0 Å². The van der Waals surface area contributed by atoms with Crippen LogP contribution in [-0.4, -0.2) is 15.6 Å². The van der Waals surface area contributed by atoms with Gasteiger partial charge >= 0.3 is 0 Å². The van der Waals surface area contributed by atoms with Crippen LogP contribution in [0.5, 0.6) is 0 Å². The number of Topliss-reactive ketones (excluding diaryl/α,β-unsaturated/α-hetero) is 1. The maximum Gasteiger partial charge on any atom is 0.135 e. The van der Waals surface area contributed by atoms with Crippen molar-refractivity contribution in [3.63, 3.8) is 0 Å². The maximum atomic E-state index is 11.1. The van der Waals surface area contributed by atoms with E-state index in [4.69, 9.17) is 0 Å². The highest BCUT2D eigenvalue weighted by Gasteiger charge is 2.20. The molecule has 1 aliphatic rings. The lowest BCUT2D eigenvalue weighted by atomic mass is 9.94. The van der Waals surface area contributed by atoms with E-state index < -0.39 is 0 Å². The first kappa shape index (κ1) is 7.53. The molecule has 1 aromatic rings. The lowest BCUT2D eigenvalue weighted by Crippen LogP contribution is -2.19. The normalized spacial score (nSPS) is 24.3. The van der Waals surface area contributed by atoms with Crippen molar-refractivity contribution in [2.75, 3.05) is 0 Å². The molecule has 1 saturated carbocycles. The molecule has 3 heteroatoms. The number of carbonyl (C=O) groups is 1. The molecule has 12 heavy (non-hydrogen) atoms. The quantitative estimate of drug-likeness (QED) is 0.631. The van der Waals surface area contributed by atoms with Crippen LogP contribution in [0.4, 0.5) is 0 Å². The zero-order valence-corrected chi connectivity index (χ0v) is 6.94. The Balaban J connectivity index is 2.09. The summed E-state index contributed by atoms with van der Waals surface area (Å²) in [7, 11) is 0. The molecule has 0 aromatic carbocycles. The van der Waals surface area contributed by atoms with Crippen molar-refractivity contribution < 1.29 is 4.79 Å². The van der Waals surface area contributed by atoms with Gasteiger partial charge in [-0.3, -0.25) is 9.48 Å². The van der Waals surface area contributed by atoms with Gasteiger partial charge in [0.15, 0.2) is 0 Å². The molecular formula is C9H12N2O. The number of nitrogens with zero attached hydrogens (tertiary/aromatic N) is 2. The fraction of sp³-hybridized carbons (Fsp3) is 0.556. The van der Waals surface area contributed by atoms with Crippen LogP contribution in [-0.2, 0) is 4.79 Å². The number of ketones is 1. The molecular weight excluding hydrogens is 152 g/mol. The van der Waals surface area contributed by atoms with Crippen LogP contribution < -0.4 is 0 Å². The van der Waals surface area contributed by atoms with E-state index in [1.165, 1.54) is 0 Å². The van der Waals surface area contributed by atoms with Gasteiger partial charge in [0.1, 0.15) is 5.78 Å². The van der Waals surface area contributed by atoms with E-state index in [9.17, 15) is 4.79 Å². The molecule has 1 atom stereocenters. The van der Waals surface area contributed by atoms with Gasteiger partial charge in [-0.05, 0) is 18.9 Å². The van der Waals surface area contributed by atoms with Crippen molar-refractivity contribution in [1.82, 2.24) is 9.78 Å². The van der Waals surface area contributed by atoms with Gasteiger partial charge in [-0.2, -0.15) is 5.10 Å². The van der Waals surface area contributed by atoms with Crippen molar-refractivity contribution in [2.24, 2.45) is 0 Å². The van der Waals surface area contributed by atoms with Gasteiger partial charge < -0.3 is 0 Å². The van der Waals surface area contributed by atoms with Gasteiger partial charge in [0.2, 0.25) is 0 Å². The van der Waals surface area contributed by atoms with Crippen molar-refractivity contribution in [1.29, 1.82) is 0 Å². The largest absolute Gasteiger partial charge is 0.300 e. The van der Waals surface area contributed by atoms with Crippen molar-refractivity contribution in [3.8, 4) is 0 Å². The molecule has 0 unspecified atom stereocenters. The molecule has 1 fully saturated rings. The Morgan fingerprint density at radius 2 is 2.50 bits per heavy atom. The Kier molecular flexibility index (Phi) is 1.94. The number of carbonyl (C=O) groups excluding carboxylic acids is 1. The molecule has 3 nitrogen and oxygen atoms in total. The second-order valence-corrected chi connectivity index (χ2v) is 3.27. The second kappa shape index (κ2) is 3.09. The fourth-order valence-electron chi connectivity index (χ4n) is 1.72. The first-order valence-corrected chi connectivity index (χ1v) is 4.37. The summed E-state index contributed by atoms with van der Waals surface area (Å²) in [4.78, 5) is 11.1. The minimum atomic E-state index is 0.321.